The molecular formula is C20H24N2OS. The van der Waals surface area contributed by atoms with E-state index < -0.39 is 0 Å². The molecule has 2 aromatic carbocycles. The zero-order valence-electron chi connectivity index (χ0n) is 14.5. The number of benzene rings is 2. The minimum atomic E-state index is -0.142. The molecule has 0 N–H and O–H groups in total. The van der Waals surface area contributed by atoms with Gasteiger partial charge in [0.15, 0.2) is 0 Å². The molecule has 126 valence electrons. The number of carbonyl (C=O) groups excluding carboxylic acids is 1. The van der Waals surface area contributed by atoms with E-state index in [4.69, 9.17) is 0 Å². The topological polar surface area (TPSA) is 23.6 Å². The van der Waals surface area contributed by atoms with Crippen LogP contribution in [0.2, 0.25) is 0 Å². The lowest BCUT2D eigenvalue weighted by Gasteiger charge is -2.28. The molecule has 3 rings (SSSR count). The van der Waals surface area contributed by atoms with Crippen LogP contribution in [0.3, 0.4) is 0 Å². The van der Waals surface area contributed by atoms with Gasteiger partial charge in [-0.25, -0.2) is 0 Å². The largest absolute Gasteiger partial charge is 0.310 e. The number of para-hydroxylation sites is 1. The van der Waals surface area contributed by atoms with Crippen LogP contribution < -0.4 is 4.90 Å². The second-order valence-corrected chi connectivity index (χ2v) is 7.19. The predicted molar refractivity (Wildman–Crippen MR) is 102 cm³/mol. The van der Waals surface area contributed by atoms with Crippen molar-refractivity contribution in [1.82, 2.24) is 4.90 Å². The second kappa shape index (κ2) is 7.41. The number of likely N-dealkylation sites (N-methyl/N-ethyl adjacent to an activating group) is 1. The molecule has 4 heteroatoms. The van der Waals surface area contributed by atoms with Gasteiger partial charge in [0.1, 0.15) is 0 Å². The summed E-state index contributed by atoms with van der Waals surface area (Å²) in [7, 11) is 2.02. The first-order chi connectivity index (χ1) is 11.6. The Hall–Kier alpha value is -1.78. The summed E-state index contributed by atoms with van der Waals surface area (Å²) < 4.78 is 0. The van der Waals surface area contributed by atoms with Crippen molar-refractivity contribution in [3.8, 4) is 0 Å². The van der Waals surface area contributed by atoms with Gasteiger partial charge in [0.2, 0.25) is 5.91 Å². The molecule has 1 aliphatic rings. The van der Waals surface area contributed by atoms with E-state index in [9.17, 15) is 4.79 Å². The lowest BCUT2D eigenvalue weighted by atomic mass is 10.1. The van der Waals surface area contributed by atoms with Crippen LogP contribution in [0.4, 0.5) is 5.69 Å². The van der Waals surface area contributed by atoms with Crippen molar-refractivity contribution in [3.05, 3.63) is 59.7 Å². The third-order valence-electron chi connectivity index (χ3n) is 4.76. The zero-order chi connectivity index (χ0) is 17.1. The lowest BCUT2D eigenvalue weighted by Crippen LogP contribution is -2.45. The number of hydrogen-bond acceptors (Lipinski definition) is 3. The Bertz CT molecular complexity index is 714. The van der Waals surface area contributed by atoms with E-state index in [1.165, 1.54) is 16.0 Å². The van der Waals surface area contributed by atoms with Crippen LogP contribution >= 0.6 is 11.8 Å². The summed E-state index contributed by atoms with van der Waals surface area (Å²) in [5.74, 6) is 0.184. The van der Waals surface area contributed by atoms with E-state index in [0.717, 1.165) is 25.2 Å². The van der Waals surface area contributed by atoms with Gasteiger partial charge in [-0.05, 0) is 56.0 Å². The van der Waals surface area contributed by atoms with E-state index in [-0.39, 0.29) is 11.9 Å². The van der Waals surface area contributed by atoms with Crippen LogP contribution in [0.25, 0.3) is 0 Å². The van der Waals surface area contributed by atoms with E-state index in [2.05, 4.69) is 41.5 Å². The van der Waals surface area contributed by atoms with Crippen molar-refractivity contribution in [1.29, 1.82) is 0 Å². The third-order valence-corrected chi connectivity index (χ3v) is 5.51. The summed E-state index contributed by atoms with van der Waals surface area (Å²) in [5, 5.41) is 0. The first-order valence-corrected chi connectivity index (χ1v) is 9.55. The van der Waals surface area contributed by atoms with Crippen molar-refractivity contribution in [2.24, 2.45) is 0 Å². The molecule has 0 aliphatic carbocycles. The molecule has 0 saturated heterocycles. The number of rotatable bonds is 5. The van der Waals surface area contributed by atoms with Crippen LogP contribution in [-0.4, -0.2) is 36.7 Å². The van der Waals surface area contributed by atoms with E-state index in [1.807, 2.05) is 37.1 Å². The van der Waals surface area contributed by atoms with Gasteiger partial charge < -0.3 is 4.90 Å². The fraction of sp³-hybridized carbons (Fsp3) is 0.350. The summed E-state index contributed by atoms with van der Waals surface area (Å²) in [5.41, 5.74) is 3.58. The highest BCUT2D eigenvalue weighted by molar-refractivity contribution is 7.98. The number of anilines is 1. The predicted octanol–water partition coefficient (Wildman–Crippen LogP) is 3.82. The highest BCUT2D eigenvalue weighted by Crippen LogP contribution is 2.28. The Morgan fingerprint density at radius 3 is 2.62 bits per heavy atom. The van der Waals surface area contributed by atoms with E-state index >= 15 is 0 Å². The molecule has 2 aromatic rings. The summed E-state index contributed by atoms with van der Waals surface area (Å²) in [6, 6.07) is 16.6. The molecule has 1 aliphatic heterocycles. The number of amides is 1. The molecule has 0 radical (unpaired) electrons. The number of carbonyl (C=O) groups is 1. The van der Waals surface area contributed by atoms with E-state index in [1.54, 1.807) is 11.8 Å². The van der Waals surface area contributed by atoms with E-state index in [0.29, 0.717) is 0 Å². The Balaban J connectivity index is 1.67. The molecule has 0 fully saturated rings. The third kappa shape index (κ3) is 3.50. The van der Waals surface area contributed by atoms with Gasteiger partial charge in [-0.1, -0.05) is 30.3 Å². The summed E-state index contributed by atoms with van der Waals surface area (Å²) in [4.78, 5) is 18.2. The molecule has 1 atom stereocenters. The van der Waals surface area contributed by atoms with Crippen LogP contribution in [0, 0.1) is 0 Å². The fourth-order valence-electron chi connectivity index (χ4n) is 3.14. The number of nitrogens with zero attached hydrogens (tertiary/aromatic N) is 2. The molecule has 0 aromatic heterocycles. The van der Waals surface area contributed by atoms with Crippen molar-refractivity contribution >= 4 is 23.4 Å². The first-order valence-electron chi connectivity index (χ1n) is 8.32. The monoisotopic (exact) mass is 340 g/mol. The van der Waals surface area contributed by atoms with Gasteiger partial charge in [-0.15, -0.1) is 11.8 Å². The summed E-state index contributed by atoms with van der Waals surface area (Å²) in [6.07, 6.45) is 3.03. The average Bonchev–Trinajstić information content (AvgIpc) is 3.05. The Kier molecular flexibility index (Phi) is 5.27. The lowest BCUT2D eigenvalue weighted by molar-refractivity contribution is -0.122. The second-order valence-electron chi connectivity index (χ2n) is 6.31. The molecule has 0 unspecified atom stereocenters. The summed E-state index contributed by atoms with van der Waals surface area (Å²) in [6.45, 7) is 3.56. The maximum absolute atomic E-state index is 12.9. The van der Waals surface area contributed by atoms with Crippen LogP contribution in [-0.2, 0) is 17.8 Å². The SMILES string of the molecule is CSc1ccc(CN(C)[C@H](C)C(=O)N2CCc3ccccc32)cc1. The number of fused-ring (bicyclic) bond motifs is 1. The number of hydrogen-bond donors (Lipinski definition) is 0. The molecule has 1 heterocycles. The van der Waals surface area contributed by atoms with Crippen LogP contribution in [0.1, 0.15) is 18.1 Å². The standard InChI is InChI=1S/C20H24N2OS/c1-15(21(2)14-16-8-10-18(24-3)11-9-16)20(23)22-13-12-17-6-4-5-7-19(17)22/h4-11,15H,12-14H2,1-3H3/t15-/m1/s1. The smallest absolute Gasteiger partial charge is 0.244 e. The van der Waals surface area contributed by atoms with Gasteiger partial charge in [0.25, 0.3) is 0 Å². The molecule has 3 nitrogen and oxygen atoms in total. The average molecular weight is 340 g/mol. The molecular weight excluding hydrogens is 316 g/mol. The zero-order valence-corrected chi connectivity index (χ0v) is 15.3. The van der Waals surface area contributed by atoms with Gasteiger partial charge in [-0.2, -0.15) is 0 Å². The maximum Gasteiger partial charge on any atom is 0.244 e. The van der Waals surface area contributed by atoms with Crippen molar-refractivity contribution in [2.45, 2.75) is 30.8 Å². The maximum atomic E-state index is 12.9. The first kappa shape index (κ1) is 17.1. The Morgan fingerprint density at radius 2 is 1.92 bits per heavy atom. The normalized spacial score (nSPS) is 14.8. The van der Waals surface area contributed by atoms with Crippen molar-refractivity contribution < 1.29 is 4.79 Å². The molecule has 0 bridgehead atoms. The molecule has 0 spiro atoms. The number of thioether (sulfide) groups is 1. The van der Waals surface area contributed by atoms with Crippen molar-refractivity contribution in [3.63, 3.8) is 0 Å². The minimum Gasteiger partial charge on any atom is -0.310 e. The quantitative estimate of drug-likeness (QED) is 0.773. The molecule has 0 saturated carbocycles. The highest BCUT2D eigenvalue weighted by Gasteiger charge is 2.29. The van der Waals surface area contributed by atoms with Gasteiger partial charge >= 0.3 is 0 Å². The molecule has 24 heavy (non-hydrogen) atoms. The van der Waals surface area contributed by atoms with Crippen molar-refractivity contribution in [2.75, 3.05) is 24.7 Å². The fourth-order valence-corrected chi connectivity index (χ4v) is 3.55. The Morgan fingerprint density at radius 1 is 1.21 bits per heavy atom. The minimum absolute atomic E-state index is 0.142. The Labute approximate surface area is 148 Å². The molecule has 1 amide bonds. The van der Waals surface area contributed by atoms with Gasteiger partial charge in [-0.3, -0.25) is 9.69 Å². The van der Waals surface area contributed by atoms with Gasteiger partial charge in [0.05, 0.1) is 6.04 Å². The summed E-state index contributed by atoms with van der Waals surface area (Å²) >= 11 is 1.74. The van der Waals surface area contributed by atoms with Crippen LogP contribution in [0.5, 0.6) is 0 Å². The van der Waals surface area contributed by atoms with Gasteiger partial charge in [0, 0.05) is 23.7 Å². The highest BCUT2D eigenvalue weighted by atomic mass is 32.2. The van der Waals surface area contributed by atoms with Crippen LogP contribution in [0.15, 0.2) is 53.4 Å².